The van der Waals surface area contributed by atoms with E-state index in [9.17, 15) is 28.5 Å². The van der Waals surface area contributed by atoms with Gasteiger partial charge in [-0.3, -0.25) is 4.79 Å². The minimum absolute atomic E-state index is 0.118. The van der Waals surface area contributed by atoms with Crippen LogP contribution in [0.15, 0.2) is 71.8 Å². The number of rotatable bonds is 2. The fourth-order valence-corrected chi connectivity index (χ4v) is 6.24. The third-order valence-electron chi connectivity index (χ3n) is 5.44. The molecule has 8 heteroatoms. The number of nitriles is 2. The molecule has 0 radical (unpaired) electrons. The maximum absolute atomic E-state index is 13.0. The standard InChI is InChI=1S/C26H11F3N2OS2/c27-26(28,29)16-7-5-14(6-8-16)21-11-23-22(34-21)10-17(33-23)9-20-24(15(12-30)13-31)18-3-1-2-4-19(18)25(20)32/h1-11H/b20-9-. The van der Waals surface area contributed by atoms with Gasteiger partial charge in [0.2, 0.25) is 0 Å². The second kappa shape index (κ2) is 8.11. The largest absolute Gasteiger partial charge is 0.416 e. The van der Waals surface area contributed by atoms with Crippen molar-refractivity contribution in [3.8, 4) is 22.6 Å². The molecule has 0 N–H and O–H groups in total. The Balaban J connectivity index is 1.54. The van der Waals surface area contributed by atoms with E-state index in [0.717, 1.165) is 31.3 Å². The lowest BCUT2D eigenvalue weighted by Gasteiger charge is -2.06. The molecule has 1 aliphatic carbocycles. The number of benzene rings is 2. The Labute approximate surface area is 199 Å². The van der Waals surface area contributed by atoms with Gasteiger partial charge in [-0.15, -0.1) is 22.7 Å². The normalized spacial score (nSPS) is 14.3. The Morgan fingerprint density at radius 1 is 0.882 bits per heavy atom. The molecule has 2 heterocycles. The number of alkyl halides is 3. The highest BCUT2D eigenvalue weighted by molar-refractivity contribution is 7.29. The molecule has 34 heavy (non-hydrogen) atoms. The zero-order valence-electron chi connectivity index (χ0n) is 17.1. The summed E-state index contributed by atoms with van der Waals surface area (Å²) in [4.78, 5) is 14.7. The van der Waals surface area contributed by atoms with E-state index in [0.29, 0.717) is 27.8 Å². The highest BCUT2D eigenvalue weighted by Crippen LogP contribution is 2.43. The van der Waals surface area contributed by atoms with Gasteiger partial charge in [0.15, 0.2) is 5.78 Å². The molecule has 0 amide bonds. The zero-order chi connectivity index (χ0) is 24.0. The quantitative estimate of drug-likeness (QED) is 0.214. The summed E-state index contributed by atoms with van der Waals surface area (Å²) in [6.45, 7) is 0. The molecule has 0 bridgehead atoms. The smallest absolute Gasteiger partial charge is 0.289 e. The van der Waals surface area contributed by atoms with Crippen LogP contribution >= 0.6 is 22.7 Å². The third kappa shape index (κ3) is 3.63. The van der Waals surface area contributed by atoms with Crippen LogP contribution in [0.5, 0.6) is 0 Å². The second-order valence-electron chi connectivity index (χ2n) is 7.47. The molecule has 0 spiro atoms. The predicted molar refractivity (Wildman–Crippen MR) is 127 cm³/mol. The number of Topliss-reactive ketones (excluding diaryl/α,β-unsaturated/α-hetero) is 1. The summed E-state index contributed by atoms with van der Waals surface area (Å²) >= 11 is 2.88. The number of allylic oxidation sites excluding steroid dienone is 3. The van der Waals surface area contributed by atoms with Gasteiger partial charge in [-0.25, -0.2) is 0 Å². The van der Waals surface area contributed by atoms with Crippen molar-refractivity contribution in [1.29, 1.82) is 10.5 Å². The van der Waals surface area contributed by atoms with Crippen molar-refractivity contribution >= 4 is 49.5 Å². The van der Waals surface area contributed by atoms with Crippen LogP contribution in [0.2, 0.25) is 0 Å². The van der Waals surface area contributed by atoms with Gasteiger partial charge < -0.3 is 0 Å². The molecule has 0 fully saturated rings. The molecule has 3 nitrogen and oxygen atoms in total. The molecule has 2 aromatic heterocycles. The molecule has 164 valence electrons. The first-order valence-electron chi connectivity index (χ1n) is 9.92. The van der Waals surface area contributed by atoms with Gasteiger partial charge in [0.25, 0.3) is 0 Å². The third-order valence-corrected chi connectivity index (χ3v) is 7.73. The fourth-order valence-electron chi connectivity index (χ4n) is 3.88. The molecule has 5 rings (SSSR count). The number of hydrogen-bond donors (Lipinski definition) is 0. The lowest BCUT2D eigenvalue weighted by molar-refractivity contribution is -0.137. The number of carbonyl (C=O) groups is 1. The van der Waals surface area contributed by atoms with E-state index in [2.05, 4.69) is 0 Å². The Kier molecular flexibility index (Phi) is 5.21. The molecule has 0 aliphatic heterocycles. The molecule has 0 unspecified atom stereocenters. The van der Waals surface area contributed by atoms with Crippen molar-refractivity contribution in [1.82, 2.24) is 0 Å². The Morgan fingerprint density at radius 2 is 1.53 bits per heavy atom. The summed E-state index contributed by atoms with van der Waals surface area (Å²) in [7, 11) is 0. The maximum atomic E-state index is 13.0. The topological polar surface area (TPSA) is 64.7 Å². The van der Waals surface area contributed by atoms with Gasteiger partial charge in [-0.2, -0.15) is 23.7 Å². The molecule has 2 aromatic carbocycles. The van der Waals surface area contributed by atoms with Crippen LogP contribution in [0.1, 0.15) is 26.4 Å². The minimum atomic E-state index is -4.38. The van der Waals surface area contributed by atoms with Crippen LogP contribution in [0.4, 0.5) is 13.2 Å². The van der Waals surface area contributed by atoms with E-state index in [1.165, 1.54) is 34.8 Å². The van der Waals surface area contributed by atoms with Crippen LogP contribution < -0.4 is 0 Å². The van der Waals surface area contributed by atoms with Crippen molar-refractivity contribution in [3.63, 3.8) is 0 Å². The first kappa shape index (κ1) is 21.8. The minimum Gasteiger partial charge on any atom is -0.289 e. The van der Waals surface area contributed by atoms with Gasteiger partial charge in [0.05, 0.1) is 5.56 Å². The molecular weight excluding hydrogens is 477 g/mol. The second-order valence-corrected chi connectivity index (χ2v) is 9.67. The Morgan fingerprint density at radius 3 is 2.15 bits per heavy atom. The molecule has 1 aliphatic rings. The number of carbonyl (C=O) groups excluding carboxylic acids is 1. The summed E-state index contributed by atoms with van der Waals surface area (Å²) in [6, 6.07) is 19.5. The van der Waals surface area contributed by atoms with Crippen molar-refractivity contribution in [3.05, 3.63) is 93.4 Å². The van der Waals surface area contributed by atoms with Crippen molar-refractivity contribution in [2.75, 3.05) is 0 Å². The number of nitrogens with zero attached hydrogens (tertiary/aromatic N) is 2. The van der Waals surface area contributed by atoms with Crippen LogP contribution in [0, 0.1) is 22.7 Å². The number of halogens is 3. The molecule has 0 atom stereocenters. The van der Waals surface area contributed by atoms with E-state index in [1.807, 2.05) is 24.3 Å². The van der Waals surface area contributed by atoms with Crippen molar-refractivity contribution in [2.45, 2.75) is 6.18 Å². The average molecular weight is 489 g/mol. The van der Waals surface area contributed by atoms with E-state index in [1.54, 1.807) is 30.3 Å². The van der Waals surface area contributed by atoms with Crippen LogP contribution in [0.25, 0.3) is 31.5 Å². The Hall–Kier alpha value is -3.98. The van der Waals surface area contributed by atoms with Crippen LogP contribution in [-0.4, -0.2) is 5.78 Å². The number of fused-ring (bicyclic) bond motifs is 2. The predicted octanol–water partition coefficient (Wildman–Crippen LogP) is 7.73. The van der Waals surface area contributed by atoms with Gasteiger partial charge in [-0.05, 0) is 41.5 Å². The SMILES string of the molecule is N#CC(C#N)=C1/C(=C/c2cc3sc(-c4ccc(C(F)(F)F)cc4)cc3s2)C(=O)c2ccccc21. The van der Waals surface area contributed by atoms with E-state index in [-0.39, 0.29) is 11.4 Å². The van der Waals surface area contributed by atoms with Gasteiger partial charge in [0.1, 0.15) is 17.7 Å². The van der Waals surface area contributed by atoms with E-state index in [4.69, 9.17) is 0 Å². The first-order chi connectivity index (χ1) is 16.3. The summed E-state index contributed by atoms with van der Waals surface area (Å²) in [5.74, 6) is -0.240. The zero-order valence-corrected chi connectivity index (χ0v) is 18.7. The van der Waals surface area contributed by atoms with Crippen molar-refractivity contribution < 1.29 is 18.0 Å². The van der Waals surface area contributed by atoms with Gasteiger partial charge in [0, 0.05) is 35.9 Å². The number of hydrogen-bond acceptors (Lipinski definition) is 5. The number of thiophene rings is 2. The molecule has 4 aromatic rings. The summed E-state index contributed by atoms with van der Waals surface area (Å²) in [6.07, 6.45) is -2.68. The van der Waals surface area contributed by atoms with E-state index < -0.39 is 11.7 Å². The maximum Gasteiger partial charge on any atom is 0.416 e. The van der Waals surface area contributed by atoms with Crippen LogP contribution in [-0.2, 0) is 6.18 Å². The summed E-state index contributed by atoms with van der Waals surface area (Å²) < 4.78 is 40.3. The molecular formula is C26H11F3N2OS2. The van der Waals surface area contributed by atoms with Crippen LogP contribution in [0.3, 0.4) is 0 Å². The fraction of sp³-hybridized carbons (Fsp3) is 0.0385. The summed E-state index contributed by atoms with van der Waals surface area (Å²) in [5.41, 5.74) is 1.55. The molecule has 0 saturated heterocycles. The van der Waals surface area contributed by atoms with E-state index >= 15 is 0 Å². The Bertz CT molecular complexity index is 1570. The highest BCUT2D eigenvalue weighted by atomic mass is 32.1. The average Bonchev–Trinajstić information content (AvgIpc) is 3.46. The molecule has 0 saturated carbocycles. The monoisotopic (exact) mass is 488 g/mol. The summed E-state index contributed by atoms with van der Waals surface area (Å²) in [5, 5.41) is 18.9. The first-order valence-corrected chi connectivity index (χ1v) is 11.5. The van der Waals surface area contributed by atoms with Gasteiger partial charge >= 0.3 is 6.18 Å². The number of ketones is 1. The van der Waals surface area contributed by atoms with Crippen molar-refractivity contribution in [2.24, 2.45) is 0 Å². The highest BCUT2D eigenvalue weighted by Gasteiger charge is 2.32. The lowest BCUT2D eigenvalue weighted by Crippen LogP contribution is -2.03. The van der Waals surface area contributed by atoms with Gasteiger partial charge in [-0.1, -0.05) is 36.4 Å². The lowest BCUT2D eigenvalue weighted by atomic mass is 9.99.